The first-order valence-corrected chi connectivity index (χ1v) is 11.4. The molecule has 9 heteroatoms. The van der Waals surface area contributed by atoms with Gasteiger partial charge in [-0.3, -0.25) is 18.5 Å². The Kier molecular flexibility index (Phi) is 4.74. The SMILES string of the molecule is C[C@H](c1ccccc1)n1c(=O)c(C2=NS(O)(O)c3ccccc3N2)c(O)c2cccnc21. The topological polar surface area (TPSA) is 120 Å². The van der Waals surface area contributed by atoms with Crippen LogP contribution in [0.3, 0.4) is 0 Å². The Balaban J connectivity index is 1.79. The van der Waals surface area contributed by atoms with E-state index in [-0.39, 0.29) is 22.0 Å². The minimum absolute atomic E-state index is 0.106. The van der Waals surface area contributed by atoms with Gasteiger partial charge in [0, 0.05) is 6.20 Å². The summed E-state index contributed by atoms with van der Waals surface area (Å²) in [6, 6.07) is 19.0. The molecule has 162 valence electrons. The smallest absolute Gasteiger partial charge is 0.267 e. The van der Waals surface area contributed by atoms with E-state index in [9.17, 15) is 19.0 Å². The predicted octanol–water partition coefficient (Wildman–Crippen LogP) is 4.61. The number of para-hydroxylation sites is 1. The van der Waals surface area contributed by atoms with Crippen LogP contribution in [0.5, 0.6) is 5.75 Å². The number of anilines is 1. The van der Waals surface area contributed by atoms with E-state index in [1.165, 1.54) is 4.57 Å². The zero-order chi connectivity index (χ0) is 22.5. The van der Waals surface area contributed by atoms with Gasteiger partial charge in [-0.2, -0.15) is 0 Å². The second-order valence-corrected chi connectivity index (χ2v) is 9.10. The van der Waals surface area contributed by atoms with Gasteiger partial charge in [-0.05, 0) is 36.8 Å². The lowest BCUT2D eigenvalue weighted by Crippen LogP contribution is -2.34. The zero-order valence-electron chi connectivity index (χ0n) is 17.0. The highest BCUT2D eigenvalue weighted by atomic mass is 32.3. The van der Waals surface area contributed by atoms with Crippen molar-refractivity contribution in [2.75, 3.05) is 5.32 Å². The second-order valence-electron chi connectivity index (χ2n) is 7.44. The van der Waals surface area contributed by atoms with Crippen LogP contribution >= 0.6 is 10.8 Å². The summed E-state index contributed by atoms with van der Waals surface area (Å²) in [6.45, 7) is 1.87. The maximum absolute atomic E-state index is 13.7. The number of aromatic hydroxyl groups is 1. The highest BCUT2D eigenvalue weighted by Gasteiger charge is 2.31. The van der Waals surface area contributed by atoms with Gasteiger partial charge in [0.15, 0.2) is 5.84 Å². The van der Waals surface area contributed by atoms with Crippen LogP contribution in [0.25, 0.3) is 11.0 Å². The number of pyridine rings is 2. The summed E-state index contributed by atoms with van der Waals surface area (Å²) in [5, 5.41) is 14.4. The quantitative estimate of drug-likeness (QED) is 0.363. The van der Waals surface area contributed by atoms with Gasteiger partial charge in [0.1, 0.15) is 21.9 Å². The standard InChI is InChI=1S/C23H20N4O4S/c1-14(15-8-3-2-4-9-15)27-22-16(10-7-13-24-22)20(28)19(23(27)29)21-25-17-11-5-6-12-18(17)32(30,31)26-21/h2-14,28,30-31H,1H3,(H,25,26)/t14-/m1/s1. The number of benzene rings is 2. The number of amidine groups is 1. The van der Waals surface area contributed by atoms with Crippen molar-refractivity contribution in [2.24, 2.45) is 4.40 Å². The van der Waals surface area contributed by atoms with Crippen molar-refractivity contribution in [3.63, 3.8) is 0 Å². The Hall–Kier alpha value is -3.66. The summed E-state index contributed by atoms with van der Waals surface area (Å²) < 4.78 is 26.8. The number of fused-ring (bicyclic) bond motifs is 2. The van der Waals surface area contributed by atoms with Crippen LogP contribution in [0.1, 0.15) is 24.1 Å². The summed E-state index contributed by atoms with van der Waals surface area (Å²) in [5.74, 6) is -0.429. The molecule has 5 rings (SSSR count). The first-order valence-electron chi connectivity index (χ1n) is 9.90. The average Bonchev–Trinajstić information content (AvgIpc) is 2.79. The molecule has 0 saturated heterocycles. The van der Waals surface area contributed by atoms with Gasteiger partial charge >= 0.3 is 0 Å². The minimum Gasteiger partial charge on any atom is -0.506 e. The van der Waals surface area contributed by atoms with Crippen molar-refractivity contribution in [2.45, 2.75) is 17.9 Å². The fourth-order valence-corrected chi connectivity index (χ4v) is 5.09. The van der Waals surface area contributed by atoms with E-state index in [2.05, 4.69) is 14.7 Å². The van der Waals surface area contributed by atoms with E-state index in [4.69, 9.17) is 0 Å². The van der Waals surface area contributed by atoms with E-state index >= 15 is 0 Å². The molecule has 8 nitrogen and oxygen atoms in total. The minimum atomic E-state index is -3.56. The Bertz CT molecular complexity index is 1430. The molecule has 0 aliphatic carbocycles. The molecule has 1 atom stereocenters. The lowest BCUT2D eigenvalue weighted by Gasteiger charge is -2.34. The predicted molar refractivity (Wildman–Crippen MR) is 126 cm³/mol. The first kappa shape index (κ1) is 20.3. The number of rotatable bonds is 3. The molecule has 0 unspecified atom stereocenters. The monoisotopic (exact) mass is 448 g/mol. The number of hydrogen-bond acceptors (Lipinski definition) is 7. The third-order valence-electron chi connectivity index (χ3n) is 5.50. The van der Waals surface area contributed by atoms with Gasteiger partial charge in [-0.1, -0.05) is 53.2 Å². The van der Waals surface area contributed by atoms with E-state index in [1.54, 1.807) is 42.6 Å². The molecule has 2 aromatic carbocycles. The van der Waals surface area contributed by atoms with Gasteiger partial charge in [0.2, 0.25) is 0 Å². The molecule has 1 aliphatic rings. The third kappa shape index (κ3) is 3.14. The molecule has 0 saturated carbocycles. The molecule has 4 N–H and O–H groups in total. The summed E-state index contributed by atoms with van der Waals surface area (Å²) in [4.78, 5) is 18.3. The van der Waals surface area contributed by atoms with Gasteiger partial charge in [-0.15, -0.1) is 4.40 Å². The molecule has 0 fully saturated rings. The van der Waals surface area contributed by atoms with Gasteiger partial charge < -0.3 is 10.4 Å². The van der Waals surface area contributed by atoms with Crippen LogP contribution < -0.4 is 10.9 Å². The molecular weight excluding hydrogens is 428 g/mol. The first-order chi connectivity index (χ1) is 15.4. The van der Waals surface area contributed by atoms with E-state index in [0.717, 1.165) is 5.56 Å². The van der Waals surface area contributed by atoms with Gasteiger partial charge in [0.05, 0.1) is 17.1 Å². The van der Waals surface area contributed by atoms with Crippen LogP contribution in [0.2, 0.25) is 0 Å². The van der Waals surface area contributed by atoms with Crippen LogP contribution in [-0.2, 0) is 0 Å². The van der Waals surface area contributed by atoms with Crippen LogP contribution in [-0.4, -0.2) is 29.6 Å². The summed E-state index contributed by atoms with van der Waals surface area (Å²) in [5.41, 5.74) is 0.906. The van der Waals surface area contributed by atoms with Gasteiger partial charge in [0.25, 0.3) is 5.56 Å². The Morgan fingerprint density at radius 1 is 1.00 bits per heavy atom. The fraction of sp³-hybridized carbons (Fsp3) is 0.0870. The van der Waals surface area contributed by atoms with Crippen LogP contribution in [0.15, 0.2) is 87.0 Å². The largest absolute Gasteiger partial charge is 0.506 e. The Labute approximate surface area is 185 Å². The van der Waals surface area contributed by atoms with Crippen molar-refractivity contribution in [3.05, 3.63) is 94.4 Å². The van der Waals surface area contributed by atoms with Crippen LogP contribution in [0.4, 0.5) is 5.69 Å². The van der Waals surface area contributed by atoms with Crippen molar-refractivity contribution >= 4 is 33.3 Å². The molecular formula is C23H20N4O4S. The van der Waals surface area contributed by atoms with E-state index < -0.39 is 22.4 Å². The van der Waals surface area contributed by atoms with Crippen molar-refractivity contribution < 1.29 is 14.2 Å². The molecule has 0 radical (unpaired) electrons. The molecule has 0 bridgehead atoms. The molecule has 32 heavy (non-hydrogen) atoms. The van der Waals surface area contributed by atoms with E-state index in [1.807, 2.05) is 37.3 Å². The third-order valence-corrected chi connectivity index (χ3v) is 6.88. The zero-order valence-corrected chi connectivity index (χ0v) is 17.8. The Morgan fingerprint density at radius 2 is 1.72 bits per heavy atom. The molecule has 0 spiro atoms. The molecule has 2 aromatic heterocycles. The number of nitrogens with zero attached hydrogens (tertiary/aromatic N) is 3. The number of nitrogens with one attached hydrogen (secondary N) is 1. The number of aromatic nitrogens is 2. The highest BCUT2D eigenvalue weighted by Crippen LogP contribution is 2.55. The summed E-state index contributed by atoms with van der Waals surface area (Å²) in [6.07, 6.45) is 1.55. The van der Waals surface area contributed by atoms with Crippen molar-refractivity contribution in [1.29, 1.82) is 0 Å². The van der Waals surface area contributed by atoms with Crippen LogP contribution in [0, 0.1) is 0 Å². The van der Waals surface area contributed by atoms with Gasteiger partial charge in [-0.25, -0.2) is 4.98 Å². The maximum Gasteiger partial charge on any atom is 0.267 e. The highest BCUT2D eigenvalue weighted by molar-refractivity contribution is 8.23. The molecule has 4 aromatic rings. The van der Waals surface area contributed by atoms with Crippen molar-refractivity contribution in [1.82, 2.24) is 9.55 Å². The fourth-order valence-electron chi connectivity index (χ4n) is 3.92. The molecule has 3 heterocycles. The lowest BCUT2D eigenvalue weighted by molar-refractivity contribution is 0.475. The second kappa shape index (κ2) is 7.49. The average molecular weight is 449 g/mol. The van der Waals surface area contributed by atoms with E-state index in [0.29, 0.717) is 16.7 Å². The lowest BCUT2D eigenvalue weighted by atomic mass is 10.1. The molecule has 0 amide bonds. The maximum atomic E-state index is 13.7. The Morgan fingerprint density at radius 3 is 2.50 bits per heavy atom. The summed E-state index contributed by atoms with van der Waals surface area (Å²) >= 11 is 0. The van der Waals surface area contributed by atoms with Crippen molar-refractivity contribution in [3.8, 4) is 5.75 Å². The number of hydrogen-bond donors (Lipinski definition) is 4. The molecule has 1 aliphatic heterocycles. The normalized spacial score (nSPS) is 16.5. The summed E-state index contributed by atoms with van der Waals surface area (Å²) in [7, 11) is -3.56.